The van der Waals surface area contributed by atoms with Gasteiger partial charge in [-0.25, -0.2) is 4.98 Å². The van der Waals surface area contributed by atoms with Crippen molar-refractivity contribution < 1.29 is 4.74 Å². The number of aryl methyl sites for hydroxylation is 3. The lowest BCUT2D eigenvalue weighted by Gasteiger charge is -2.11. The summed E-state index contributed by atoms with van der Waals surface area (Å²) in [5.41, 5.74) is 4.75. The Balaban J connectivity index is 1.40. The van der Waals surface area contributed by atoms with Gasteiger partial charge in [-0.1, -0.05) is 30.3 Å². The van der Waals surface area contributed by atoms with Crippen LogP contribution in [0.15, 0.2) is 60.0 Å². The largest absolute Gasteiger partial charge is 0.493 e. The molecule has 0 aliphatic rings. The predicted molar refractivity (Wildman–Crippen MR) is 118 cm³/mol. The first-order valence-electron chi connectivity index (χ1n) is 9.87. The molecule has 2 aromatic carbocycles. The molecule has 3 nitrogen and oxygen atoms in total. The van der Waals surface area contributed by atoms with E-state index >= 15 is 0 Å². The van der Waals surface area contributed by atoms with Crippen molar-refractivity contribution in [3.05, 3.63) is 81.8 Å². The number of rotatable bonds is 8. The van der Waals surface area contributed by atoms with Crippen molar-refractivity contribution in [2.24, 2.45) is 0 Å². The molecule has 0 bridgehead atoms. The molecule has 0 fully saturated rings. The number of thiophene rings is 1. The van der Waals surface area contributed by atoms with Crippen molar-refractivity contribution >= 4 is 22.4 Å². The van der Waals surface area contributed by atoms with Crippen LogP contribution in [-0.4, -0.2) is 16.2 Å². The first kappa shape index (κ1) is 18.8. The third kappa shape index (κ3) is 4.28. The van der Waals surface area contributed by atoms with Crippen LogP contribution in [0.1, 0.15) is 34.7 Å². The zero-order valence-electron chi connectivity index (χ0n) is 16.5. The Morgan fingerprint density at radius 2 is 1.89 bits per heavy atom. The fraction of sp³-hybridized carbons (Fsp3) is 0.292. The number of ether oxygens (including phenoxy) is 1. The van der Waals surface area contributed by atoms with Gasteiger partial charge in [-0.05, 0) is 67.5 Å². The van der Waals surface area contributed by atoms with E-state index in [-0.39, 0.29) is 0 Å². The molecule has 0 aliphatic heterocycles. The Morgan fingerprint density at radius 3 is 2.75 bits per heavy atom. The smallest absolute Gasteiger partial charge is 0.122 e. The van der Waals surface area contributed by atoms with Crippen LogP contribution in [0.4, 0.5) is 0 Å². The molecule has 4 aromatic rings. The number of para-hydroxylation sites is 2. The van der Waals surface area contributed by atoms with Gasteiger partial charge in [0.2, 0.25) is 0 Å². The fourth-order valence-electron chi connectivity index (χ4n) is 3.50. The van der Waals surface area contributed by atoms with E-state index in [2.05, 4.69) is 78.4 Å². The molecule has 0 amide bonds. The molecule has 0 spiro atoms. The molecule has 0 atom stereocenters. The molecule has 0 saturated heterocycles. The summed E-state index contributed by atoms with van der Waals surface area (Å²) in [7, 11) is 0. The Labute approximate surface area is 170 Å². The van der Waals surface area contributed by atoms with E-state index in [1.165, 1.54) is 21.5 Å². The van der Waals surface area contributed by atoms with Gasteiger partial charge in [0.05, 0.1) is 17.6 Å². The summed E-state index contributed by atoms with van der Waals surface area (Å²) in [5.74, 6) is 2.16. The quantitative estimate of drug-likeness (QED) is 0.337. The highest BCUT2D eigenvalue weighted by molar-refractivity contribution is 7.09. The summed E-state index contributed by atoms with van der Waals surface area (Å²) >= 11 is 1.80. The Bertz CT molecular complexity index is 1050. The first-order valence-corrected chi connectivity index (χ1v) is 10.8. The van der Waals surface area contributed by atoms with E-state index in [1.807, 2.05) is 0 Å². The maximum Gasteiger partial charge on any atom is 0.122 e. The minimum atomic E-state index is 0.747. The van der Waals surface area contributed by atoms with E-state index < -0.39 is 0 Å². The van der Waals surface area contributed by atoms with E-state index in [0.717, 1.165) is 49.5 Å². The third-order valence-electron chi connectivity index (χ3n) is 5.02. The maximum atomic E-state index is 6.02. The number of aromatic nitrogens is 2. The third-order valence-corrected chi connectivity index (χ3v) is 5.90. The number of hydrogen-bond donors (Lipinski definition) is 0. The molecule has 0 N–H and O–H groups in total. The topological polar surface area (TPSA) is 27.1 Å². The lowest BCUT2D eigenvalue weighted by molar-refractivity contribution is 0.301. The minimum absolute atomic E-state index is 0.747. The Morgan fingerprint density at radius 1 is 1.00 bits per heavy atom. The van der Waals surface area contributed by atoms with Gasteiger partial charge in [0.1, 0.15) is 11.6 Å². The zero-order valence-corrected chi connectivity index (χ0v) is 17.3. The molecule has 0 unspecified atom stereocenters. The monoisotopic (exact) mass is 390 g/mol. The van der Waals surface area contributed by atoms with E-state index in [4.69, 9.17) is 9.72 Å². The van der Waals surface area contributed by atoms with Gasteiger partial charge in [-0.2, -0.15) is 0 Å². The molecule has 2 aromatic heterocycles. The molecule has 4 rings (SSSR count). The van der Waals surface area contributed by atoms with Crippen LogP contribution in [-0.2, 0) is 13.0 Å². The second-order valence-corrected chi connectivity index (χ2v) is 8.28. The highest BCUT2D eigenvalue weighted by Crippen LogP contribution is 2.22. The SMILES string of the molecule is Cc1ccc(C)c(OCCCCn2c(Cc3cccs3)nc3ccccc32)c1. The van der Waals surface area contributed by atoms with E-state index in [1.54, 1.807) is 11.3 Å². The average molecular weight is 391 g/mol. The summed E-state index contributed by atoms with van der Waals surface area (Å²) in [4.78, 5) is 6.25. The summed E-state index contributed by atoms with van der Waals surface area (Å²) in [6, 6.07) is 19.1. The van der Waals surface area contributed by atoms with Crippen LogP contribution in [0.2, 0.25) is 0 Å². The number of nitrogens with zero attached hydrogens (tertiary/aromatic N) is 2. The Kier molecular flexibility index (Phi) is 5.77. The normalized spacial score (nSPS) is 11.2. The van der Waals surface area contributed by atoms with E-state index in [9.17, 15) is 0 Å². The van der Waals surface area contributed by atoms with Gasteiger partial charge in [0.15, 0.2) is 0 Å². The maximum absolute atomic E-state index is 6.02. The van der Waals surface area contributed by atoms with Crippen molar-refractivity contribution in [3.63, 3.8) is 0 Å². The van der Waals surface area contributed by atoms with Crippen LogP contribution in [0.3, 0.4) is 0 Å². The summed E-state index contributed by atoms with van der Waals surface area (Å²) < 4.78 is 8.40. The number of imidazole rings is 1. The van der Waals surface area contributed by atoms with Crippen LogP contribution >= 0.6 is 11.3 Å². The number of unbranched alkanes of at least 4 members (excludes halogenated alkanes) is 1. The van der Waals surface area contributed by atoms with Gasteiger partial charge >= 0.3 is 0 Å². The van der Waals surface area contributed by atoms with Crippen molar-refractivity contribution in [2.45, 2.75) is 39.7 Å². The number of benzene rings is 2. The van der Waals surface area contributed by atoms with Crippen molar-refractivity contribution in [2.75, 3.05) is 6.61 Å². The molecule has 0 radical (unpaired) electrons. The van der Waals surface area contributed by atoms with E-state index in [0.29, 0.717) is 0 Å². The van der Waals surface area contributed by atoms with Crippen LogP contribution in [0.5, 0.6) is 5.75 Å². The van der Waals surface area contributed by atoms with Gasteiger partial charge in [-0.15, -0.1) is 11.3 Å². The molecule has 4 heteroatoms. The van der Waals surface area contributed by atoms with Gasteiger partial charge in [0, 0.05) is 17.8 Å². The van der Waals surface area contributed by atoms with Crippen LogP contribution < -0.4 is 4.74 Å². The first-order chi connectivity index (χ1) is 13.7. The molecular weight excluding hydrogens is 364 g/mol. The van der Waals surface area contributed by atoms with Crippen LogP contribution in [0, 0.1) is 13.8 Å². The minimum Gasteiger partial charge on any atom is -0.493 e. The molecule has 0 aliphatic carbocycles. The van der Waals surface area contributed by atoms with Crippen molar-refractivity contribution in [1.82, 2.24) is 9.55 Å². The van der Waals surface area contributed by atoms with Crippen molar-refractivity contribution in [1.29, 1.82) is 0 Å². The number of hydrogen-bond acceptors (Lipinski definition) is 3. The highest BCUT2D eigenvalue weighted by atomic mass is 32.1. The fourth-order valence-corrected chi connectivity index (χ4v) is 4.20. The average Bonchev–Trinajstić information content (AvgIpc) is 3.32. The summed E-state index contributed by atoms with van der Waals surface area (Å²) in [5, 5.41) is 2.13. The highest BCUT2D eigenvalue weighted by Gasteiger charge is 2.11. The second-order valence-electron chi connectivity index (χ2n) is 7.25. The lowest BCUT2D eigenvalue weighted by atomic mass is 10.1. The molecule has 0 saturated carbocycles. The molecule has 28 heavy (non-hydrogen) atoms. The molecular formula is C24H26N2OS. The predicted octanol–water partition coefficient (Wildman–Crippen LogP) is 6.16. The lowest BCUT2D eigenvalue weighted by Crippen LogP contribution is -2.06. The number of fused-ring (bicyclic) bond motifs is 1. The summed E-state index contributed by atoms with van der Waals surface area (Å²) in [6.07, 6.45) is 2.99. The zero-order chi connectivity index (χ0) is 19.3. The summed E-state index contributed by atoms with van der Waals surface area (Å²) in [6.45, 7) is 5.92. The van der Waals surface area contributed by atoms with Crippen LogP contribution in [0.25, 0.3) is 11.0 Å². The van der Waals surface area contributed by atoms with Gasteiger partial charge in [0.25, 0.3) is 0 Å². The standard InChI is InChI=1S/C24H26N2OS/c1-18-11-12-19(2)23(16-18)27-14-6-5-13-26-22-10-4-3-9-21(22)25-24(26)17-20-8-7-15-28-20/h3-4,7-12,15-16H,5-6,13-14,17H2,1-2H3. The van der Waals surface area contributed by atoms with Gasteiger partial charge < -0.3 is 9.30 Å². The Hall–Kier alpha value is -2.59. The molecule has 144 valence electrons. The van der Waals surface area contributed by atoms with Gasteiger partial charge in [-0.3, -0.25) is 0 Å². The second kappa shape index (κ2) is 8.61. The molecule has 2 heterocycles. The van der Waals surface area contributed by atoms with Crippen molar-refractivity contribution in [3.8, 4) is 5.75 Å².